The van der Waals surface area contributed by atoms with E-state index < -0.39 is 23.8 Å². The van der Waals surface area contributed by atoms with Gasteiger partial charge in [-0.3, -0.25) is 20.2 Å². The van der Waals surface area contributed by atoms with Crippen LogP contribution < -0.4 is 10.6 Å². The zero-order valence-electron chi connectivity index (χ0n) is 14.0. The van der Waals surface area contributed by atoms with Crippen LogP contribution in [0.2, 0.25) is 0 Å². The molecule has 9 heteroatoms. The Morgan fingerprint density at radius 3 is 2.52 bits per heavy atom. The highest BCUT2D eigenvalue weighted by molar-refractivity contribution is 9.10. The van der Waals surface area contributed by atoms with Crippen LogP contribution in [0.1, 0.15) is 23.0 Å². The fraction of sp³-hybridized carbons (Fsp3) is 0.111. The van der Waals surface area contributed by atoms with Gasteiger partial charge < -0.3 is 9.15 Å². The van der Waals surface area contributed by atoms with E-state index in [9.17, 15) is 19.2 Å². The molecule has 2 heterocycles. The molecule has 1 aliphatic rings. The minimum atomic E-state index is -0.878. The maximum Gasteiger partial charge on any atom is 0.338 e. The summed E-state index contributed by atoms with van der Waals surface area (Å²) in [7, 11) is 0. The van der Waals surface area contributed by atoms with Gasteiger partial charge in [0.2, 0.25) is 0 Å². The molecule has 0 unspecified atom stereocenters. The molecule has 4 amide bonds. The van der Waals surface area contributed by atoms with Gasteiger partial charge in [0.05, 0.1) is 12.2 Å². The fourth-order valence-electron chi connectivity index (χ4n) is 2.43. The lowest BCUT2D eigenvalue weighted by atomic mass is 10.1. The summed E-state index contributed by atoms with van der Waals surface area (Å²) in [6.07, 6.45) is 1.21. The van der Waals surface area contributed by atoms with Crippen molar-refractivity contribution in [2.24, 2.45) is 0 Å². The fourth-order valence-corrected chi connectivity index (χ4v) is 2.79. The van der Waals surface area contributed by atoms with Crippen molar-refractivity contribution in [3.63, 3.8) is 0 Å². The maximum atomic E-state index is 12.2. The molecule has 0 saturated carbocycles. The molecule has 0 spiro atoms. The van der Waals surface area contributed by atoms with E-state index in [-0.39, 0.29) is 17.9 Å². The topological polar surface area (TPSA) is 115 Å². The molecule has 1 aliphatic heterocycles. The first-order valence-electron chi connectivity index (χ1n) is 7.84. The Kier molecular flexibility index (Phi) is 5.22. The normalized spacial score (nSPS) is 13.9. The van der Waals surface area contributed by atoms with E-state index in [1.807, 2.05) is 10.6 Å². The number of carbonyl (C=O) groups is 4. The third-order valence-electron chi connectivity index (χ3n) is 3.60. The molecule has 0 radical (unpaired) electrons. The van der Waals surface area contributed by atoms with Gasteiger partial charge in [-0.1, -0.05) is 15.9 Å². The van der Waals surface area contributed by atoms with Gasteiger partial charge in [0.1, 0.15) is 17.1 Å². The monoisotopic (exact) mass is 432 g/mol. The molecule has 138 valence electrons. The van der Waals surface area contributed by atoms with Crippen LogP contribution in [0.3, 0.4) is 0 Å². The number of benzene rings is 1. The van der Waals surface area contributed by atoms with Crippen molar-refractivity contribution < 1.29 is 28.3 Å². The number of esters is 1. The summed E-state index contributed by atoms with van der Waals surface area (Å²) >= 11 is 3.31. The number of barbiturate groups is 1. The number of ether oxygens (including phenoxy) is 1. The minimum Gasteiger partial charge on any atom is -0.462 e. The average molecular weight is 433 g/mol. The number of hydrogen-bond donors (Lipinski definition) is 2. The van der Waals surface area contributed by atoms with E-state index in [1.165, 1.54) is 12.1 Å². The lowest BCUT2D eigenvalue weighted by molar-refractivity contribution is -0.123. The molecule has 1 fully saturated rings. The Balaban J connectivity index is 1.96. The summed E-state index contributed by atoms with van der Waals surface area (Å²) < 4.78 is 11.4. The van der Waals surface area contributed by atoms with E-state index in [0.29, 0.717) is 21.4 Å². The van der Waals surface area contributed by atoms with Crippen LogP contribution in [-0.2, 0) is 14.3 Å². The van der Waals surface area contributed by atoms with Crippen molar-refractivity contribution in [3.8, 4) is 11.3 Å². The highest BCUT2D eigenvalue weighted by Crippen LogP contribution is 2.29. The van der Waals surface area contributed by atoms with Crippen molar-refractivity contribution in [3.05, 3.63) is 51.7 Å². The number of hydrogen-bond acceptors (Lipinski definition) is 6. The molecule has 8 nitrogen and oxygen atoms in total. The Labute approximate surface area is 161 Å². The number of urea groups is 1. The second kappa shape index (κ2) is 7.58. The third kappa shape index (κ3) is 3.98. The summed E-state index contributed by atoms with van der Waals surface area (Å²) in [4.78, 5) is 46.8. The minimum absolute atomic E-state index is 0.206. The van der Waals surface area contributed by atoms with Gasteiger partial charge in [-0.2, -0.15) is 0 Å². The van der Waals surface area contributed by atoms with Gasteiger partial charge in [0.15, 0.2) is 0 Å². The summed E-state index contributed by atoms with van der Waals surface area (Å²) in [6, 6.07) is 7.30. The van der Waals surface area contributed by atoms with E-state index >= 15 is 0 Å². The first-order chi connectivity index (χ1) is 12.9. The molecule has 2 N–H and O–H groups in total. The average Bonchev–Trinajstić information content (AvgIpc) is 3.06. The largest absolute Gasteiger partial charge is 0.462 e. The summed E-state index contributed by atoms with van der Waals surface area (Å²) in [5.74, 6) is -1.59. The molecule has 0 atom stereocenters. The first-order valence-corrected chi connectivity index (χ1v) is 8.63. The molecule has 0 bridgehead atoms. The molecule has 1 aromatic heterocycles. The second-order valence-corrected chi connectivity index (χ2v) is 6.32. The molecular weight excluding hydrogens is 420 g/mol. The van der Waals surface area contributed by atoms with E-state index in [1.54, 1.807) is 31.2 Å². The van der Waals surface area contributed by atoms with Crippen LogP contribution in [-0.4, -0.2) is 30.4 Å². The predicted molar refractivity (Wildman–Crippen MR) is 97.5 cm³/mol. The van der Waals surface area contributed by atoms with Gasteiger partial charge in [0, 0.05) is 10.0 Å². The highest BCUT2D eigenvalue weighted by Gasteiger charge is 2.28. The van der Waals surface area contributed by atoms with E-state index in [2.05, 4.69) is 15.9 Å². The van der Waals surface area contributed by atoms with Crippen LogP contribution in [0.25, 0.3) is 17.4 Å². The number of amides is 4. The zero-order chi connectivity index (χ0) is 19.6. The third-order valence-corrected chi connectivity index (χ3v) is 4.09. The molecule has 3 rings (SSSR count). The predicted octanol–water partition coefficient (Wildman–Crippen LogP) is 2.64. The van der Waals surface area contributed by atoms with Crippen LogP contribution in [0.5, 0.6) is 0 Å². The van der Waals surface area contributed by atoms with Gasteiger partial charge in [-0.05, 0) is 43.3 Å². The number of furan rings is 1. The standard InChI is InChI=1S/C18H13BrN2O6/c1-2-26-17(24)12-7-9(19)3-5-11(12)14-6-4-10(27-14)8-13-15(22)20-18(25)21-16(13)23/h3-8H,2H2,1H3,(H2,20,21,22,23,25). The van der Waals surface area contributed by atoms with Crippen LogP contribution in [0.15, 0.2) is 44.8 Å². The Morgan fingerprint density at radius 1 is 1.15 bits per heavy atom. The van der Waals surface area contributed by atoms with Crippen molar-refractivity contribution in [2.75, 3.05) is 6.61 Å². The number of carbonyl (C=O) groups excluding carboxylic acids is 4. The molecule has 1 saturated heterocycles. The summed E-state index contributed by atoms with van der Waals surface area (Å²) in [5.41, 5.74) is 0.532. The van der Waals surface area contributed by atoms with Crippen molar-refractivity contribution >= 4 is 45.8 Å². The van der Waals surface area contributed by atoms with Crippen molar-refractivity contribution in [1.29, 1.82) is 0 Å². The first kappa shape index (κ1) is 18.6. The van der Waals surface area contributed by atoms with Gasteiger partial charge in [-0.15, -0.1) is 0 Å². The molecule has 1 aromatic carbocycles. The maximum absolute atomic E-state index is 12.2. The molecule has 2 aromatic rings. The van der Waals surface area contributed by atoms with Gasteiger partial charge in [-0.25, -0.2) is 9.59 Å². The number of halogens is 1. The number of nitrogens with one attached hydrogen (secondary N) is 2. The van der Waals surface area contributed by atoms with Crippen LogP contribution in [0.4, 0.5) is 4.79 Å². The van der Waals surface area contributed by atoms with Crippen molar-refractivity contribution in [1.82, 2.24) is 10.6 Å². The summed E-state index contributed by atoms with van der Waals surface area (Å²) in [6.45, 7) is 1.93. The number of rotatable bonds is 4. The quantitative estimate of drug-likeness (QED) is 0.435. The van der Waals surface area contributed by atoms with Crippen LogP contribution >= 0.6 is 15.9 Å². The second-order valence-electron chi connectivity index (χ2n) is 5.41. The smallest absolute Gasteiger partial charge is 0.338 e. The van der Waals surface area contributed by atoms with Gasteiger partial charge in [0.25, 0.3) is 11.8 Å². The lowest BCUT2D eigenvalue weighted by Crippen LogP contribution is -2.51. The molecule has 0 aliphatic carbocycles. The SMILES string of the molecule is CCOC(=O)c1cc(Br)ccc1-c1ccc(C=C2C(=O)NC(=O)NC2=O)o1. The molecular formula is C18H13BrN2O6. The van der Waals surface area contributed by atoms with Crippen molar-refractivity contribution in [2.45, 2.75) is 6.92 Å². The Bertz CT molecular complexity index is 969. The van der Waals surface area contributed by atoms with Gasteiger partial charge >= 0.3 is 12.0 Å². The van der Waals surface area contributed by atoms with E-state index in [0.717, 1.165) is 0 Å². The van der Waals surface area contributed by atoms with Crippen LogP contribution in [0, 0.1) is 0 Å². The Morgan fingerprint density at radius 2 is 1.85 bits per heavy atom. The Hall–Kier alpha value is -3.20. The molecule has 27 heavy (non-hydrogen) atoms. The highest BCUT2D eigenvalue weighted by atomic mass is 79.9. The zero-order valence-corrected chi connectivity index (χ0v) is 15.6. The summed E-state index contributed by atoms with van der Waals surface area (Å²) in [5, 5.41) is 3.95. The van der Waals surface area contributed by atoms with E-state index in [4.69, 9.17) is 9.15 Å². The number of imide groups is 2. The lowest BCUT2D eigenvalue weighted by Gasteiger charge is -2.13.